The van der Waals surface area contributed by atoms with Gasteiger partial charge in [0.05, 0.1) is 13.2 Å². The lowest BCUT2D eigenvalue weighted by Gasteiger charge is -2.23. The van der Waals surface area contributed by atoms with Crippen molar-refractivity contribution in [1.82, 2.24) is 0 Å². The van der Waals surface area contributed by atoms with Gasteiger partial charge in [0.2, 0.25) is 0 Å². The Kier molecular flexibility index (Phi) is 8.03. The van der Waals surface area contributed by atoms with E-state index >= 15 is 0 Å². The van der Waals surface area contributed by atoms with Gasteiger partial charge >= 0.3 is 0 Å². The summed E-state index contributed by atoms with van der Waals surface area (Å²) in [7, 11) is 0. The molecule has 2 atom stereocenters. The van der Waals surface area contributed by atoms with Crippen LogP contribution in [0.2, 0.25) is 0 Å². The Morgan fingerprint density at radius 3 is 1.06 bits per heavy atom. The predicted molar refractivity (Wildman–Crippen MR) is 138 cm³/mol. The van der Waals surface area contributed by atoms with Gasteiger partial charge < -0.3 is 33.5 Å². The van der Waals surface area contributed by atoms with E-state index in [1.54, 1.807) is 0 Å². The monoisotopic (exact) mass is 500 g/mol. The van der Waals surface area contributed by atoms with Gasteiger partial charge in [0.25, 0.3) is 0 Å². The Balaban J connectivity index is 1.39. The molecule has 2 aromatic carbocycles. The van der Waals surface area contributed by atoms with Crippen LogP contribution in [0.1, 0.15) is 44.5 Å². The molecule has 2 saturated heterocycles. The lowest BCUT2D eigenvalue weighted by atomic mass is 9.98. The van der Waals surface area contributed by atoms with Crippen LogP contribution >= 0.6 is 0 Å². The second kappa shape index (κ2) is 10.9. The van der Waals surface area contributed by atoms with Gasteiger partial charge in [0.15, 0.2) is 0 Å². The van der Waals surface area contributed by atoms with Gasteiger partial charge in [-0.25, -0.2) is 0 Å². The Hall–Kier alpha value is -2.48. The summed E-state index contributed by atoms with van der Waals surface area (Å²) < 4.78 is 34.8. The Bertz CT molecular complexity index is 970. The van der Waals surface area contributed by atoms with Crippen LogP contribution in [0, 0.1) is 55.4 Å². The molecule has 198 valence electrons. The zero-order chi connectivity index (χ0) is 26.1. The fourth-order valence-electron chi connectivity index (χ4n) is 4.44. The zero-order valence-corrected chi connectivity index (χ0v) is 22.9. The standard InChI is InChI=1S/C29H40O7/c1-15-19(5)28(35-13-24-11-31-24)20(6)16(2)26(15)33-9-23(30)10-34-27-17(3)21(7)29(22(8)18(27)4)36-14-25-12-32-25/h23-25,30H,9-14H2,1-8H3. The van der Waals surface area contributed by atoms with Gasteiger partial charge in [-0.2, -0.15) is 0 Å². The third kappa shape index (κ3) is 5.74. The van der Waals surface area contributed by atoms with Crippen LogP contribution in [-0.2, 0) is 9.47 Å². The molecule has 36 heavy (non-hydrogen) atoms. The number of rotatable bonds is 12. The molecule has 2 unspecified atom stereocenters. The van der Waals surface area contributed by atoms with Gasteiger partial charge in [0, 0.05) is 0 Å². The van der Waals surface area contributed by atoms with E-state index in [1.807, 2.05) is 55.4 Å². The highest BCUT2D eigenvalue weighted by atomic mass is 16.6. The Morgan fingerprint density at radius 2 is 0.806 bits per heavy atom. The van der Waals surface area contributed by atoms with Crippen molar-refractivity contribution in [3.63, 3.8) is 0 Å². The molecule has 0 amide bonds. The molecular formula is C29H40O7. The van der Waals surface area contributed by atoms with Crippen LogP contribution in [-0.4, -0.2) is 63.1 Å². The van der Waals surface area contributed by atoms with E-state index in [4.69, 9.17) is 28.4 Å². The van der Waals surface area contributed by atoms with Crippen molar-refractivity contribution >= 4 is 0 Å². The van der Waals surface area contributed by atoms with Crippen LogP contribution in [0.25, 0.3) is 0 Å². The van der Waals surface area contributed by atoms with Crippen molar-refractivity contribution in [2.75, 3.05) is 39.6 Å². The normalized spacial score (nSPS) is 19.1. The first kappa shape index (κ1) is 26.6. The summed E-state index contributed by atoms with van der Waals surface area (Å²) in [5.41, 5.74) is 8.26. The van der Waals surface area contributed by atoms with Crippen molar-refractivity contribution in [2.24, 2.45) is 0 Å². The van der Waals surface area contributed by atoms with Crippen LogP contribution in [0.5, 0.6) is 23.0 Å². The Labute approximate surface area is 214 Å². The minimum Gasteiger partial charge on any atom is -0.490 e. The number of aliphatic hydroxyl groups excluding tert-OH is 1. The SMILES string of the molecule is Cc1c(C)c(OCC2CO2)c(C)c(C)c1OCC(O)COc1c(C)c(C)c(OCC2CO2)c(C)c1C. The maximum absolute atomic E-state index is 10.7. The first-order valence-electron chi connectivity index (χ1n) is 12.7. The van der Waals surface area contributed by atoms with Crippen molar-refractivity contribution in [3.05, 3.63) is 44.5 Å². The highest BCUT2D eigenvalue weighted by Gasteiger charge is 2.26. The van der Waals surface area contributed by atoms with Gasteiger partial charge in [-0.1, -0.05) is 0 Å². The molecule has 0 aromatic heterocycles. The van der Waals surface area contributed by atoms with Gasteiger partial charge in [0.1, 0.15) is 67.7 Å². The third-order valence-corrected chi connectivity index (χ3v) is 7.45. The summed E-state index contributed by atoms with van der Waals surface area (Å²) in [5, 5.41) is 10.7. The summed E-state index contributed by atoms with van der Waals surface area (Å²) in [5.74, 6) is 3.37. The minimum atomic E-state index is -0.783. The molecule has 7 nitrogen and oxygen atoms in total. The zero-order valence-electron chi connectivity index (χ0n) is 22.9. The van der Waals surface area contributed by atoms with Crippen molar-refractivity contribution in [2.45, 2.75) is 73.7 Å². The van der Waals surface area contributed by atoms with E-state index in [0.29, 0.717) is 13.2 Å². The van der Waals surface area contributed by atoms with Gasteiger partial charge in [-0.15, -0.1) is 0 Å². The average molecular weight is 501 g/mol. The average Bonchev–Trinajstić information content (AvgIpc) is 3.77. The van der Waals surface area contributed by atoms with Crippen LogP contribution in [0.4, 0.5) is 0 Å². The highest BCUT2D eigenvalue weighted by Crippen LogP contribution is 2.39. The first-order valence-corrected chi connectivity index (χ1v) is 12.7. The fraction of sp³-hybridized carbons (Fsp3) is 0.586. The summed E-state index contributed by atoms with van der Waals surface area (Å²) in [6.45, 7) is 19.2. The number of aliphatic hydroxyl groups is 1. The molecule has 0 radical (unpaired) electrons. The van der Waals surface area contributed by atoms with E-state index in [2.05, 4.69) is 0 Å². The quantitative estimate of drug-likeness (QED) is 0.429. The molecule has 2 aliphatic heterocycles. The fourth-order valence-corrected chi connectivity index (χ4v) is 4.44. The number of ether oxygens (including phenoxy) is 6. The molecule has 2 aromatic rings. The van der Waals surface area contributed by atoms with E-state index in [9.17, 15) is 5.11 Å². The maximum atomic E-state index is 10.7. The summed E-state index contributed by atoms with van der Waals surface area (Å²) in [4.78, 5) is 0. The summed E-state index contributed by atoms with van der Waals surface area (Å²) >= 11 is 0. The molecule has 2 heterocycles. The molecule has 1 N–H and O–H groups in total. The second-order valence-corrected chi connectivity index (χ2v) is 10.1. The van der Waals surface area contributed by atoms with Crippen LogP contribution < -0.4 is 18.9 Å². The third-order valence-electron chi connectivity index (χ3n) is 7.45. The smallest absolute Gasteiger partial charge is 0.126 e. The van der Waals surface area contributed by atoms with Crippen molar-refractivity contribution < 1.29 is 33.5 Å². The lowest BCUT2D eigenvalue weighted by Crippen LogP contribution is -2.26. The lowest BCUT2D eigenvalue weighted by molar-refractivity contribution is 0.0615. The van der Waals surface area contributed by atoms with Gasteiger partial charge in [-0.3, -0.25) is 0 Å². The molecule has 2 fully saturated rings. The van der Waals surface area contributed by atoms with E-state index in [0.717, 1.165) is 80.7 Å². The van der Waals surface area contributed by atoms with Crippen molar-refractivity contribution in [3.8, 4) is 23.0 Å². The molecule has 7 heteroatoms. The molecule has 0 saturated carbocycles. The van der Waals surface area contributed by atoms with E-state index < -0.39 is 6.10 Å². The largest absolute Gasteiger partial charge is 0.490 e. The molecule has 0 spiro atoms. The van der Waals surface area contributed by atoms with Crippen LogP contribution in [0.15, 0.2) is 0 Å². The molecule has 4 rings (SSSR count). The van der Waals surface area contributed by atoms with Crippen LogP contribution in [0.3, 0.4) is 0 Å². The van der Waals surface area contributed by atoms with Gasteiger partial charge in [-0.05, 0) is 99.9 Å². The van der Waals surface area contributed by atoms with E-state index in [-0.39, 0.29) is 25.4 Å². The highest BCUT2D eigenvalue weighted by molar-refractivity contribution is 5.58. The summed E-state index contributed by atoms with van der Waals surface area (Å²) in [6, 6.07) is 0. The molecular weight excluding hydrogens is 460 g/mol. The predicted octanol–water partition coefficient (Wildman–Crippen LogP) is 4.53. The number of epoxide rings is 2. The van der Waals surface area contributed by atoms with E-state index in [1.165, 1.54) is 0 Å². The molecule has 0 bridgehead atoms. The second-order valence-electron chi connectivity index (χ2n) is 10.1. The number of benzene rings is 2. The number of hydrogen-bond donors (Lipinski definition) is 1. The maximum Gasteiger partial charge on any atom is 0.126 e. The Morgan fingerprint density at radius 1 is 0.556 bits per heavy atom. The first-order chi connectivity index (χ1) is 17.1. The topological polar surface area (TPSA) is 82.2 Å². The minimum absolute atomic E-state index is 0.134. The van der Waals surface area contributed by atoms with Crippen molar-refractivity contribution in [1.29, 1.82) is 0 Å². The molecule has 2 aliphatic rings. The number of hydrogen-bond acceptors (Lipinski definition) is 7. The molecule has 0 aliphatic carbocycles. The summed E-state index contributed by atoms with van der Waals surface area (Å²) in [6.07, 6.45) is -0.373.